The van der Waals surface area contributed by atoms with Gasteiger partial charge in [-0.1, -0.05) is 25.4 Å². The van der Waals surface area contributed by atoms with Crippen LogP contribution in [0, 0.1) is 17.8 Å². The largest absolute Gasteiger partial charge is 0.496 e. The molecule has 0 amide bonds. The minimum Gasteiger partial charge on any atom is -0.496 e. The van der Waals surface area contributed by atoms with Crippen molar-refractivity contribution < 1.29 is 9.53 Å². The summed E-state index contributed by atoms with van der Waals surface area (Å²) in [5.41, 5.74) is 0.665. The number of carbonyl (C=O) groups excluding carboxylic acids is 1. The van der Waals surface area contributed by atoms with E-state index in [0.717, 1.165) is 12.8 Å². The monoisotopic (exact) mass is 280 g/mol. The van der Waals surface area contributed by atoms with Crippen molar-refractivity contribution >= 4 is 17.4 Å². The van der Waals surface area contributed by atoms with Gasteiger partial charge in [0.05, 0.1) is 12.7 Å². The van der Waals surface area contributed by atoms with Crippen molar-refractivity contribution in [3.8, 4) is 5.75 Å². The molecule has 2 nitrogen and oxygen atoms in total. The second-order valence-electron chi connectivity index (χ2n) is 5.82. The highest BCUT2D eigenvalue weighted by molar-refractivity contribution is 6.30. The number of ketones is 1. The molecule has 0 saturated heterocycles. The van der Waals surface area contributed by atoms with E-state index in [1.165, 1.54) is 6.42 Å². The third-order valence-electron chi connectivity index (χ3n) is 3.98. The summed E-state index contributed by atoms with van der Waals surface area (Å²) in [6.45, 7) is 4.46. The number of benzene rings is 1. The van der Waals surface area contributed by atoms with Gasteiger partial charge in [-0.3, -0.25) is 4.79 Å². The van der Waals surface area contributed by atoms with Crippen LogP contribution >= 0.6 is 11.6 Å². The number of Topliss-reactive ketones (excluding diaryl/α,β-unsaturated/α-hetero) is 1. The molecule has 3 heteroatoms. The van der Waals surface area contributed by atoms with E-state index in [1.807, 2.05) is 0 Å². The average molecular weight is 281 g/mol. The van der Waals surface area contributed by atoms with Gasteiger partial charge in [0.15, 0.2) is 5.78 Å². The topological polar surface area (TPSA) is 26.3 Å². The van der Waals surface area contributed by atoms with Gasteiger partial charge in [0.1, 0.15) is 5.75 Å². The number of carbonyl (C=O) groups is 1. The molecule has 0 aliphatic heterocycles. The fourth-order valence-corrected chi connectivity index (χ4v) is 3.41. The summed E-state index contributed by atoms with van der Waals surface area (Å²) >= 11 is 5.94. The Kier molecular flexibility index (Phi) is 4.51. The van der Waals surface area contributed by atoms with Crippen LogP contribution in [0.5, 0.6) is 5.75 Å². The van der Waals surface area contributed by atoms with E-state index in [-0.39, 0.29) is 11.7 Å². The van der Waals surface area contributed by atoms with Crippen LogP contribution in [0.1, 0.15) is 43.5 Å². The fraction of sp³-hybridized carbons (Fsp3) is 0.562. The lowest BCUT2D eigenvalue weighted by Gasteiger charge is -2.30. The van der Waals surface area contributed by atoms with Crippen molar-refractivity contribution in [2.75, 3.05) is 7.11 Å². The van der Waals surface area contributed by atoms with Gasteiger partial charge < -0.3 is 4.74 Å². The van der Waals surface area contributed by atoms with E-state index < -0.39 is 0 Å². The van der Waals surface area contributed by atoms with Crippen molar-refractivity contribution in [3.63, 3.8) is 0 Å². The zero-order valence-electron chi connectivity index (χ0n) is 11.8. The Morgan fingerprint density at radius 1 is 1.21 bits per heavy atom. The summed E-state index contributed by atoms with van der Waals surface area (Å²) < 4.78 is 5.29. The van der Waals surface area contributed by atoms with E-state index in [1.54, 1.807) is 25.3 Å². The molecule has 19 heavy (non-hydrogen) atoms. The first kappa shape index (κ1) is 14.4. The van der Waals surface area contributed by atoms with Crippen molar-refractivity contribution in [1.82, 2.24) is 0 Å². The minimum atomic E-state index is 0.119. The maximum Gasteiger partial charge on any atom is 0.169 e. The Morgan fingerprint density at radius 3 is 2.42 bits per heavy atom. The van der Waals surface area contributed by atoms with E-state index in [2.05, 4.69) is 13.8 Å². The van der Waals surface area contributed by atoms with E-state index in [4.69, 9.17) is 16.3 Å². The fourth-order valence-electron chi connectivity index (χ4n) is 3.25. The van der Waals surface area contributed by atoms with Crippen molar-refractivity contribution in [2.45, 2.75) is 33.1 Å². The molecule has 104 valence electrons. The number of ether oxygens (including phenoxy) is 1. The smallest absolute Gasteiger partial charge is 0.169 e. The number of hydrogen-bond donors (Lipinski definition) is 0. The van der Waals surface area contributed by atoms with Crippen molar-refractivity contribution in [1.29, 1.82) is 0 Å². The predicted molar refractivity (Wildman–Crippen MR) is 78.0 cm³/mol. The predicted octanol–water partition coefficient (Wildman–Crippen LogP) is 4.60. The van der Waals surface area contributed by atoms with Crippen molar-refractivity contribution in [2.24, 2.45) is 17.8 Å². The zero-order valence-corrected chi connectivity index (χ0v) is 12.5. The maximum atomic E-state index is 12.7. The summed E-state index contributed by atoms with van der Waals surface area (Å²) in [6.07, 6.45) is 3.19. The van der Waals surface area contributed by atoms with Crippen LogP contribution in [0.15, 0.2) is 18.2 Å². The quantitative estimate of drug-likeness (QED) is 0.756. The zero-order chi connectivity index (χ0) is 14.0. The molecule has 1 saturated carbocycles. The van der Waals surface area contributed by atoms with E-state index >= 15 is 0 Å². The Hall–Kier alpha value is -1.02. The Labute approximate surface area is 120 Å². The summed E-state index contributed by atoms with van der Waals surface area (Å²) in [4.78, 5) is 12.7. The first-order valence-corrected chi connectivity index (χ1v) is 7.26. The van der Waals surface area contributed by atoms with Crippen LogP contribution in [0.3, 0.4) is 0 Å². The van der Waals surface area contributed by atoms with Gasteiger partial charge >= 0.3 is 0 Å². The molecule has 1 aromatic carbocycles. The molecular weight excluding hydrogens is 260 g/mol. The average Bonchev–Trinajstić information content (AvgIpc) is 2.36. The molecule has 0 aromatic heterocycles. The molecule has 2 atom stereocenters. The van der Waals surface area contributed by atoms with Gasteiger partial charge in [0, 0.05) is 10.9 Å². The third kappa shape index (κ3) is 3.30. The summed E-state index contributed by atoms with van der Waals surface area (Å²) in [5, 5.41) is 0.596. The Bertz CT molecular complexity index is 460. The van der Waals surface area contributed by atoms with E-state index in [9.17, 15) is 4.79 Å². The molecule has 1 aliphatic rings. The molecular formula is C16H21ClO2. The number of hydrogen-bond acceptors (Lipinski definition) is 2. The molecule has 0 bridgehead atoms. The van der Waals surface area contributed by atoms with Crippen LogP contribution < -0.4 is 4.74 Å². The molecule has 1 aliphatic carbocycles. The first-order valence-electron chi connectivity index (χ1n) is 6.89. The Balaban J connectivity index is 2.24. The highest BCUT2D eigenvalue weighted by atomic mass is 35.5. The van der Waals surface area contributed by atoms with Gasteiger partial charge in [0.2, 0.25) is 0 Å². The van der Waals surface area contributed by atoms with Crippen LogP contribution in [0.25, 0.3) is 0 Å². The third-order valence-corrected chi connectivity index (χ3v) is 4.21. The second-order valence-corrected chi connectivity index (χ2v) is 6.26. The molecule has 1 fully saturated rings. The molecule has 0 spiro atoms. The highest BCUT2D eigenvalue weighted by Crippen LogP contribution is 2.36. The number of rotatable bonds is 3. The van der Waals surface area contributed by atoms with Crippen molar-refractivity contribution in [3.05, 3.63) is 28.8 Å². The normalized spacial score (nSPS) is 27.1. The molecule has 2 rings (SSSR count). The van der Waals surface area contributed by atoms with Crippen LogP contribution in [-0.4, -0.2) is 12.9 Å². The molecule has 2 unspecified atom stereocenters. The Morgan fingerprint density at radius 2 is 1.84 bits per heavy atom. The lowest BCUT2D eigenvalue weighted by Crippen LogP contribution is -2.26. The lowest BCUT2D eigenvalue weighted by atomic mass is 9.74. The summed E-state index contributed by atoms with van der Waals surface area (Å²) in [5.74, 6) is 2.15. The molecule has 1 aromatic rings. The van der Waals surface area contributed by atoms with Crippen LogP contribution in [0.4, 0.5) is 0 Å². The van der Waals surface area contributed by atoms with Gasteiger partial charge in [-0.25, -0.2) is 0 Å². The lowest BCUT2D eigenvalue weighted by molar-refractivity contribution is 0.0833. The maximum absolute atomic E-state index is 12.7. The second kappa shape index (κ2) is 5.96. The van der Waals surface area contributed by atoms with Gasteiger partial charge in [-0.05, 0) is 49.3 Å². The molecule has 0 heterocycles. The number of halogens is 1. The highest BCUT2D eigenvalue weighted by Gasteiger charge is 2.30. The van der Waals surface area contributed by atoms with E-state index in [0.29, 0.717) is 28.2 Å². The molecule has 0 N–H and O–H groups in total. The first-order chi connectivity index (χ1) is 9.01. The van der Waals surface area contributed by atoms with Crippen LogP contribution in [0.2, 0.25) is 5.02 Å². The standard InChI is InChI=1S/C16H21ClO2/c1-10-6-11(2)8-12(7-10)16(18)14-5-4-13(17)9-15(14)19-3/h4-5,9-12H,6-8H2,1-3H3. The SMILES string of the molecule is COc1cc(Cl)ccc1C(=O)C1CC(C)CC(C)C1. The van der Waals surface area contributed by atoms with Crippen LogP contribution in [-0.2, 0) is 0 Å². The number of methoxy groups -OCH3 is 1. The summed E-state index contributed by atoms with van der Waals surface area (Å²) in [6, 6.07) is 5.25. The molecule has 0 radical (unpaired) electrons. The van der Waals surface area contributed by atoms with Gasteiger partial charge in [-0.15, -0.1) is 0 Å². The summed E-state index contributed by atoms with van der Waals surface area (Å²) in [7, 11) is 1.58. The minimum absolute atomic E-state index is 0.119. The van der Waals surface area contributed by atoms with Gasteiger partial charge in [-0.2, -0.15) is 0 Å². The van der Waals surface area contributed by atoms with Gasteiger partial charge in [0.25, 0.3) is 0 Å².